The summed E-state index contributed by atoms with van der Waals surface area (Å²) in [4.78, 5) is 13.4. The maximum atomic E-state index is 12.3. The van der Waals surface area contributed by atoms with Crippen molar-refractivity contribution < 1.29 is 18.3 Å². The topological polar surface area (TPSA) is 81.2 Å². The number of anilines is 1. The van der Waals surface area contributed by atoms with Gasteiger partial charge in [0.05, 0.1) is 23.9 Å². The van der Waals surface area contributed by atoms with Crippen LogP contribution >= 0.6 is 0 Å². The van der Waals surface area contributed by atoms with Crippen molar-refractivity contribution in [3.05, 3.63) is 42.7 Å². The number of nitrogens with one attached hydrogen (secondary N) is 2. The summed E-state index contributed by atoms with van der Waals surface area (Å²) in [7, 11) is 0. The Balaban J connectivity index is 1.61. The molecule has 2 aromatic heterocycles. The van der Waals surface area contributed by atoms with E-state index in [0.29, 0.717) is 35.7 Å². The van der Waals surface area contributed by atoms with Gasteiger partial charge in [0.15, 0.2) is 5.82 Å². The molecule has 1 unspecified atom stereocenters. The van der Waals surface area contributed by atoms with Crippen molar-refractivity contribution in [1.29, 1.82) is 0 Å². The summed E-state index contributed by atoms with van der Waals surface area (Å²) >= 11 is 0. The van der Waals surface area contributed by atoms with Crippen molar-refractivity contribution in [2.75, 3.05) is 31.6 Å². The molecular formula is C19H19F2N5O2. The summed E-state index contributed by atoms with van der Waals surface area (Å²) in [5, 5.41) is 6.59. The van der Waals surface area contributed by atoms with E-state index in [2.05, 4.69) is 30.3 Å². The molecule has 1 aliphatic heterocycles. The fourth-order valence-electron chi connectivity index (χ4n) is 3.01. The molecule has 0 saturated carbocycles. The molecular weight excluding hydrogens is 368 g/mol. The molecule has 2 N–H and O–H groups in total. The lowest BCUT2D eigenvalue weighted by atomic mass is 10.1. The number of halogens is 2. The zero-order valence-electron chi connectivity index (χ0n) is 14.9. The average Bonchev–Trinajstić information content (AvgIpc) is 2.73. The minimum Gasteiger partial charge on any atom is -0.435 e. The molecule has 3 aromatic rings. The van der Waals surface area contributed by atoms with E-state index < -0.39 is 6.61 Å². The van der Waals surface area contributed by atoms with Crippen LogP contribution in [0.5, 0.6) is 5.75 Å². The predicted octanol–water partition coefficient (Wildman–Crippen LogP) is 2.69. The summed E-state index contributed by atoms with van der Waals surface area (Å²) in [6, 6.07) is 8.15. The molecule has 0 aliphatic carbocycles. The average molecular weight is 387 g/mol. The molecule has 0 bridgehead atoms. The summed E-state index contributed by atoms with van der Waals surface area (Å²) in [6.07, 6.45) is 3.27. The maximum absolute atomic E-state index is 12.3. The van der Waals surface area contributed by atoms with Crippen molar-refractivity contribution >= 4 is 16.9 Å². The van der Waals surface area contributed by atoms with Gasteiger partial charge in [0.1, 0.15) is 11.3 Å². The second-order valence-electron chi connectivity index (χ2n) is 6.26. The Hall–Kier alpha value is -2.91. The highest BCUT2D eigenvalue weighted by molar-refractivity contribution is 5.88. The third-order valence-corrected chi connectivity index (χ3v) is 4.33. The SMILES string of the molecule is FC(F)Oc1ccc(-c2cc3nccnc3c(NCC3CNCCO3)n2)cc1. The van der Waals surface area contributed by atoms with E-state index in [-0.39, 0.29) is 11.9 Å². The molecule has 0 amide bonds. The van der Waals surface area contributed by atoms with E-state index in [9.17, 15) is 8.78 Å². The number of fused-ring (bicyclic) bond motifs is 1. The first-order chi connectivity index (χ1) is 13.7. The highest BCUT2D eigenvalue weighted by Gasteiger charge is 2.15. The van der Waals surface area contributed by atoms with Crippen LogP contribution in [0.3, 0.4) is 0 Å². The second kappa shape index (κ2) is 8.41. The van der Waals surface area contributed by atoms with Gasteiger partial charge < -0.3 is 20.1 Å². The van der Waals surface area contributed by atoms with E-state index in [1.54, 1.807) is 24.5 Å². The first-order valence-electron chi connectivity index (χ1n) is 8.92. The fourth-order valence-corrected chi connectivity index (χ4v) is 3.01. The minimum absolute atomic E-state index is 0.0386. The van der Waals surface area contributed by atoms with Crippen LogP contribution in [0, 0.1) is 0 Å². The lowest BCUT2D eigenvalue weighted by Gasteiger charge is -2.24. The number of pyridine rings is 1. The molecule has 28 heavy (non-hydrogen) atoms. The Labute approximate surface area is 160 Å². The summed E-state index contributed by atoms with van der Waals surface area (Å²) in [5.41, 5.74) is 2.76. The number of alkyl halides is 2. The number of hydrogen-bond donors (Lipinski definition) is 2. The number of rotatable bonds is 6. The van der Waals surface area contributed by atoms with Gasteiger partial charge in [-0.3, -0.25) is 4.98 Å². The Morgan fingerprint density at radius 3 is 2.79 bits per heavy atom. The van der Waals surface area contributed by atoms with Crippen LogP contribution < -0.4 is 15.4 Å². The normalized spacial score (nSPS) is 17.0. The summed E-state index contributed by atoms with van der Waals surface area (Å²) in [5.74, 6) is 0.697. The second-order valence-corrected chi connectivity index (χ2v) is 6.26. The van der Waals surface area contributed by atoms with Gasteiger partial charge in [0.25, 0.3) is 0 Å². The lowest BCUT2D eigenvalue weighted by molar-refractivity contribution is -0.0498. The van der Waals surface area contributed by atoms with Crippen molar-refractivity contribution in [2.45, 2.75) is 12.7 Å². The lowest BCUT2D eigenvalue weighted by Crippen LogP contribution is -2.42. The van der Waals surface area contributed by atoms with Crippen LogP contribution in [-0.4, -0.2) is 53.9 Å². The smallest absolute Gasteiger partial charge is 0.387 e. The zero-order valence-corrected chi connectivity index (χ0v) is 14.9. The van der Waals surface area contributed by atoms with Crippen LogP contribution in [0.25, 0.3) is 22.3 Å². The molecule has 7 nitrogen and oxygen atoms in total. The molecule has 0 spiro atoms. The number of nitrogens with zero attached hydrogens (tertiary/aromatic N) is 3. The van der Waals surface area contributed by atoms with Gasteiger partial charge in [-0.15, -0.1) is 0 Å². The number of hydrogen-bond acceptors (Lipinski definition) is 7. The number of aromatic nitrogens is 3. The fraction of sp³-hybridized carbons (Fsp3) is 0.316. The largest absolute Gasteiger partial charge is 0.435 e. The Kier molecular flexibility index (Phi) is 5.54. The highest BCUT2D eigenvalue weighted by atomic mass is 19.3. The Bertz CT molecular complexity index is 933. The van der Waals surface area contributed by atoms with Gasteiger partial charge >= 0.3 is 6.61 Å². The Morgan fingerprint density at radius 1 is 1.21 bits per heavy atom. The molecule has 9 heteroatoms. The van der Waals surface area contributed by atoms with Crippen LogP contribution in [-0.2, 0) is 4.74 Å². The van der Waals surface area contributed by atoms with E-state index in [0.717, 1.165) is 18.7 Å². The monoisotopic (exact) mass is 387 g/mol. The highest BCUT2D eigenvalue weighted by Crippen LogP contribution is 2.27. The minimum atomic E-state index is -2.85. The van der Waals surface area contributed by atoms with Gasteiger partial charge in [0.2, 0.25) is 0 Å². The third-order valence-electron chi connectivity index (χ3n) is 4.33. The first-order valence-corrected chi connectivity index (χ1v) is 8.92. The van der Waals surface area contributed by atoms with Crippen LogP contribution in [0.2, 0.25) is 0 Å². The van der Waals surface area contributed by atoms with E-state index in [4.69, 9.17) is 4.74 Å². The third kappa shape index (κ3) is 4.32. The standard InChI is InChI=1S/C19H19F2N5O2/c20-19(21)28-13-3-1-12(2-4-13)15-9-16-17(24-6-5-23-16)18(26-15)25-11-14-10-22-7-8-27-14/h1-6,9,14,19,22H,7-8,10-11H2,(H,25,26). The molecule has 3 heterocycles. The quantitative estimate of drug-likeness (QED) is 0.673. The van der Waals surface area contributed by atoms with Crippen LogP contribution in [0.4, 0.5) is 14.6 Å². The number of benzene rings is 1. The molecule has 1 atom stereocenters. The molecule has 1 aliphatic rings. The van der Waals surface area contributed by atoms with Crippen molar-refractivity contribution in [1.82, 2.24) is 20.3 Å². The molecule has 1 fully saturated rings. The van der Waals surface area contributed by atoms with E-state index >= 15 is 0 Å². The van der Waals surface area contributed by atoms with E-state index in [1.807, 2.05) is 6.07 Å². The van der Waals surface area contributed by atoms with E-state index in [1.165, 1.54) is 12.1 Å². The Morgan fingerprint density at radius 2 is 2.04 bits per heavy atom. The maximum Gasteiger partial charge on any atom is 0.387 e. The molecule has 146 valence electrons. The van der Waals surface area contributed by atoms with Crippen molar-refractivity contribution in [3.63, 3.8) is 0 Å². The van der Waals surface area contributed by atoms with Crippen LogP contribution in [0.1, 0.15) is 0 Å². The number of morpholine rings is 1. The van der Waals surface area contributed by atoms with Gasteiger partial charge in [-0.05, 0) is 30.3 Å². The predicted molar refractivity (Wildman–Crippen MR) is 101 cm³/mol. The number of ether oxygens (including phenoxy) is 2. The molecule has 1 saturated heterocycles. The zero-order chi connectivity index (χ0) is 19.3. The van der Waals surface area contributed by atoms with Crippen molar-refractivity contribution in [2.24, 2.45) is 0 Å². The van der Waals surface area contributed by atoms with Crippen LogP contribution in [0.15, 0.2) is 42.7 Å². The van der Waals surface area contributed by atoms with Gasteiger partial charge in [-0.25, -0.2) is 9.97 Å². The molecule has 0 radical (unpaired) electrons. The summed E-state index contributed by atoms with van der Waals surface area (Å²) in [6.45, 7) is 0.0161. The first kappa shape index (κ1) is 18.5. The van der Waals surface area contributed by atoms with Gasteiger partial charge in [-0.2, -0.15) is 8.78 Å². The summed E-state index contributed by atoms with van der Waals surface area (Å²) < 4.78 is 34.8. The van der Waals surface area contributed by atoms with Gasteiger partial charge in [-0.1, -0.05) is 0 Å². The molecule has 4 rings (SSSR count). The van der Waals surface area contributed by atoms with Crippen molar-refractivity contribution in [3.8, 4) is 17.0 Å². The molecule has 1 aromatic carbocycles. The van der Waals surface area contributed by atoms with Gasteiger partial charge in [0, 0.05) is 37.6 Å².